The van der Waals surface area contributed by atoms with Crippen molar-refractivity contribution in [2.75, 3.05) is 5.32 Å². The summed E-state index contributed by atoms with van der Waals surface area (Å²) in [6.07, 6.45) is 6.93. The molecular formula is C17H15N3O. The van der Waals surface area contributed by atoms with Crippen LogP contribution in [0.1, 0.15) is 11.3 Å². The number of carbonyl (C=O) groups excluding carboxylic acids is 1. The molecular weight excluding hydrogens is 262 g/mol. The number of hydrogen-bond acceptors (Lipinski definition) is 2. The lowest BCUT2D eigenvalue weighted by atomic mass is 10.2. The number of hydrogen-bond donors (Lipinski definition) is 1. The zero-order valence-electron chi connectivity index (χ0n) is 11.7. The molecule has 0 atom stereocenters. The lowest BCUT2D eigenvalue weighted by molar-refractivity contribution is -0.111. The summed E-state index contributed by atoms with van der Waals surface area (Å²) in [4.78, 5) is 16.2. The maximum absolute atomic E-state index is 11.9. The largest absolute Gasteiger partial charge is 0.323 e. The maximum atomic E-state index is 11.9. The van der Waals surface area contributed by atoms with Crippen LogP contribution in [0.5, 0.6) is 0 Å². The summed E-state index contributed by atoms with van der Waals surface area (Å²) < 4.78 is 1.93. The summed E-state index contributed by atoms with van der Waals surface area (Å²) in [5.74, 6) is -0.161. The van der Waals surface area contributed by atoms with Gasteiger partial charge in [-0.15, -0.1) is 0 Å². The number of pyridine rings is 1. The Morgan fingerprint density at radius 3 is 3.00 bits per heavy atom. The van der Waals surface area contributed by atoms with Crippen molar-refractivity contribution in [1.29, 1.82) is 0 Å². The third-order valence-electron chi connectivity index (χ3n) is 3.14. The predicted molar refractivity (Wildman–Crippen MR) is 84.0 cm³/mol. The van der Waals surface area contributed by atoms with Crippen LogP contribution in [0.15, 0.2) is 60.9 Å². The highest BCUT2D eigenvalue weighted by Gasteiger charge is 2.01. The van der Waals surface area contributed by atoms with E-state index in [1.54, 1.807) is 12.3 Å². The first-order valence-electron chi connectivity index (χ1n) is 6.70. The van der Waals surface area contributed by atoms with Gasteiger partial charge in [0.25, 0.3) is 0 Å². The van der Waals surface area contributed by atoms with E-state index in [-0.39, 0.29) is 5.91 Å². The molecule has 1 amide bonds. The van der Waals surface area contributed by atoms with E-state index in [2.05, 4.69) is 10.3 Å². The fourth-order valence-corrected chi connectivity index (χ4v) is 2.14. The van der Waals surface area contributed by atoms with E-state index < -0.39 is 0 Å². The van der Waals surface area contributed by atoms with Gasteiger partial charge in [-0.2, -0.15) is 0 Å². The van der Waals surface area contributed by atoms with Crippen LogP contribution in [-0.2, 0) is 4.79 Å². The van der Waals surface area contributed by atoms with Crippen molar-refractivity contribution in [3.05, 3.63) is 72.2 Å². The number of anilines is 1. The number of amides is 1. The molecule has 2 aromatic heterocycles. The Labute approximate surface area is 122 Å². The van der Waals surface area contributed by atoms with Crippen LogP contribution in [-0.4, -0.2) is 15.3 Å². The Balaban J connectivity index is 1.75. The van der Waals surface area contributed by atoms with Crippen molar-refractivity contribution in [2.45, 2.75) is 6.92 Å². The number of aryl methyl sites for hydroxylation is 1. The first-order valence-corrected chi connectivity index (χ1v) is 6.70. The molecule has 0 spiro atoms. The van der Waals surface area contributed by atoms with Crippen LogP contribution in [0, 0.1) is 6.92 Å². The molecule has 104 valence electrons. The molecule has 3 rings (SSSR count). The van der Waals surface area contributed by atoms with Gasteiger partial charge in [0.05, 0.1) is 11.9 Å². The number of nitrogens with zero attached hydrogens (tertiary/aromatic N) is 2. The normalized spacial score (nSPS) is 11.1. The number of fused-ring (bicyclic) bond motifs is 1. The molecule has 0 bridgehead atoms. The Hall–Kier alpha value is -2.88. The zero-order chi connectivity index (χ0) is 14.7. The quantitative estimate of drug-likeness (QED) is 0.747. The minimum absolute atomic E-state index is 0.161. The molecule has 0 aliphatic heterocycles. The minimum atomic E-state index is -0.161. The van der Waals surface area contributed by atoms with Gasteiger partial charge < -0.3 is 9.72 Å². The monoisotopic (exact) mass is 277 g/mol. The fraction of sp³-hybridized carbons (Fsp3) is 0.0588. The fourth-order valence-electron chi connectivity index (χ4n) is 2.14. The molecule has 4 heteroatoms. The van der Waals surface area contributed by atoms with Crippen LogP contribution in [0.2, 0.25) is 0 Å². The summed E-state index contributed by atoms with van der Waals surface area (Å²) in [5, 5.41) is 2.84. The molecule has 1 aromatic carbocycles. The highest BCUT2D eigenvalue weighted by molar-refractivity contribution is 6.01. The van der Waals surface area contributed by atoms with Gasteiger partial charge in [0.1, 0.15) is 5.65 Å². The molecule has 0 fully saturated rings. The van der Waals surface area contributed by atoms with Gasteiger partial charge in [0.15, 0.2) is 0 Å². The van der Waals surface area contributed by atoms with E-state index in [1.165, 1.54) is 6.08 Å². The van der Waals surface area contributed by atoms with Crippen LogP contribution < -0.4 is 5.32 Å². The lowest BCUT2D eigenvalue weighted by Gasteiger charge is -2.02. The molecule has 3 aromatic rings. The van der Waals surface area contributed by atoms with Crippen molar-refractivity contribution in [3.63, 3.8) is 0 Å². The van der Waals surface area contributed by atoms with Crippen LogP contribution >= 0.6 is 0 Å². The molecule has 0 saturated carbocycles. The van der Waals surface area contributed by atoms with Crippen LogP contribution in [0.4, 0.5) is 5.69 Å². The molecule has 0 unspecified atom stereocenters. The summed E-state index contributed by atoms with van der Waals surface area (Å²) in [7, 11) is 0. The topological polar surface area (TPSA) is 46.4 Å². The average Bonchev–Trinajstić information content (AvgIpc) is 2.88. The summed E-state index contributed by atoms with van der Waals surface area (Å²) in [5.41, 5.74) is 3.63. The standard InChI is InChI=1S/C17H15N3O/c1-13-5-4-6-14(11-13)19-17(21)9-8-15-12-18-16-7-2-3-10-20(15)16/h2-12H,1H3,(H,19,21)/b9-8+. The van der Waals surface area contributed by atoms with E-state index in [9.17, 15) is 4.79 Å². The molecule has 4 nitrogen and oxygen atoms in total. The van der Waals surface area contributed by atoms with Crippen molar-refractivity contribution in [1.82, 2.24) is 9.38 Å². The van der Waals surface area contributed by atoms with Crippen LogP contribution in [0.25, 0.3) is 11.7 Å². The molecule has 1 N–H and O–H groups in total. The Morgan fingerprint density at radius 2 is 2.14 bits per heavy atom. The zero-order valence-corrected chi connectivity index (χ0v) is 11.7. The first kappa shape index (κ1) is 13.1. The van der Waals surface area contributed by atoms with Crippen molar-refractivity contribution in [2.24, 2.45) is 0 Å². The van der Waals surface area contributed by atoms with E-state index in [1.807, 2.05) is 60.0 Å². The third kappa shape index (κ3) is 3.00. The second-order valence-electron chi connectivity index (χ2n) is 4.80. The molecule has 21 heavy (non-hydrogen) atoms. The van der Waals surface area contributed by atoms with Gasteiger partial charge in [-0.05, 0) is 42.8 Å². The molecule has 0 aliphatic rings. The lowest BCUT2D eigenvalue weighted by Crippen LogP contribution is -2.07. The van der Waals surface area contributed by atoms with Gasteiger partial charge in [0.2, 0.25) is 5.91 Å². The number of rotatable bonds is 3. The van der Waals surface area contributed by atoms with E-state index in [0.29, 0.717) is 0 Å². The minimum Gasteiger partial charge on any atom is -0.323 e. The van der Waals surface area contributed by atoms with Crippen molar-refractivity contribution >= 4 is 23.3 Å². The highest BCUT2D eigenvalue weighted by Crippen LogP contribution is 2.10. The summed E-state index contributed by atoms with van der Waals surface area (Å²) in [6.45, 7) is 1.99. The van der Waals surface area contributed by atoms with Gasteiger partial charge >= 0.3 is 0 Å². The first-order chi connectivity index (χ1) is 10.2. The number of nitrogens with one attached hydrogen (secondary N) is 1. The van der Waals surface area contributed by atoms with Crippen LogP contribution in [0.3, 0.4) is 0 Å². The molecule has 0 aliphatic carbocycles. The number of carbonyl (C=O) groups is 1. The average molecular weight is 277 g/mol. The van der Waals surface area contributed by atoms with Gasteiger partial charge in [-0.1, -0.05) is 18.2 Å². The Morgan fingerprint density at radius 1 is 1.24 bits per heavy atom. The SMILES string of the molecule is Cc1cccc(NC(=O)/C=C/c2cnc3ccccn23)c1. The second kappa shape index (κ2) is 5.63. The number of aromatic nitrogens is 2. The molecule has 2 heterocycles. The summed E-state index contributed by atoms with van der Waals surface area (Å²) in [6, 6.07) is 13.5. The van der Waals surface area contributed by atoms with Crippen molar-refractivity contribution < 1.29 is 4.79 Å². The maximum Gasteiger partial charge on any atom is 0.248 e. The smallest absolute Gasteiger partial charge is 0.248 e. The molecule has 0 radical (unpaired) electrons. The van der Waals surface area contributed by atoms with E-state index in [4.69, 9.17) is 0 Å². The van der Waals surface area contributed by atoms with Crippen molar-refractivity contribution in [3.8, 4) is 0 Å². The van der Waals surface area contributed by atoms with E-state index >= 15 is 0 Å². The van der Waals surface area contributed by atoms with E-state index in [0.717, 1.165) is 22.6 Å². The van der Waals surface area contributed by atoms with Gasteiger partial charge in [0, 0.05) is 18.0 Å². The Bertz CT molecular complexity index is 818. The third-order valence-corrected chi connectivity index (χ3v) is 3.14. The van der Waals surface area contributed by atoms with Gasteiger partial charge in [-0.3, -0.25) is 4.79 Å². The second-order valence-corrected chi connectivity index (χ2v) is 4.80. The number of benzene rings is 1. The number of imidazole rings is 1. The highest BCUT2D eigenvalue weighted by atomic mass is 16.1. The molecule has 0 saturated heterocycles. The summed E-state index contributed by atoms with van der Waals surface area (Å²) >= 11 is 0. The van der Waals surface area contributed by atoms with Gasteiger partial charge in [-0.25, -0.2) is 4.98 Å². The Kier molecular flexibility index (Phi) is 3.51. The predicted octanol–water partition coefficient (Wildman–Crippen LogP) is 3.29.